The number of azo groups is 2. The van der Waals surface area contributed by atoms with Gasteiger partial charge in [-0.2, -0.15) is 23.8 Å². The van der Waals surface area contributed by atoms with E-state index in [1.165, 1.54) is 18.2 Å². The molecular formula is C17H15N5O4S. The van der Waals surface area contributed by atoms with Crippen molar-refractivity contribution in [2.45, 2.75) is 4.90 Å². The van der Waals surface area contributed by atoms with Crippen LogP contribution in [0.2, 0.25) is 0 Å². The van der Waals surface area contributed by atoms with Crippen LogP contribution in [0, 0.1) is 0 Å². The third kappa shape index (κ3) is 3.91. The first kappa shape index (κ1) is 18.4. The van der Waals surface area contributed by atoms with Crippen molar-refractivity contribution in [3.8, 4) is 5.75 Å². The Hall–Kier alpha value is -3.37. The number of fused-ring (bicyclic) bond motifs is 1. The third-order valence-corrected chi connectivity index (χ3v) is 4.55. The molecule has 0 aromatic heterocycles. The van der Waals surface area contributed by atoms with E-state index >= 15 is 0 Å². The van der Waals surface area contributed by atoms with Gasteiger partial charge in [0.1, 0.15) is 10.6 Å². The normalized spacial score (nSPS) is 12.4. The van der Waals surface area contributed by atoms with E-state index in [2.05, 4.69) is 20.5 Å². The molecule has 9 nitrogen and oxygen atoms in total. The van der Waals surface area contributed by atoms with Crippen molar-refractivity contribution in [2.75, 3.05) is 12.8 Å². The van der Waals surface area contributed by atoms with Crippen molar-refractivity contribution in [3.63, 3.8) is 0 Å². The molecule has 3 rings (SSSR count). The van der Waals surface area contributed by atoms with E-state index in [1.807, 2.05) is 0 Å². The summed E-state index contributed by atoms with van der Waals surface area (Å²) in [4.78, 5) is -0.571. The Bertz CT molecular complexity index is 1170. The molecule has 0 radical (unpaired) electrons. The Morgan fingerprint density at radius 2 is 1.56 bits per heavy atom. The second kappa shape index (κ2) is 7.09. The lowest BCUT2D eigenvalue weighted by Gasteiger charge is -2.09. The molecule has 0 amide bonds. The van der Waals surface area contributed by atoms with E-state index in [0.29, 0.717) is 27.8 Å². The molecule has 0 aliphatic rings. The summed E-state index contributed by atoms with van der Waals surface area (Å²) in [6.07, 6.45) is 0. The Morgan fingerprint density at radius 1 is 0.926 bits per heavy atom. The quantitative estimate of drug-likeness (QED) is 0.343. The molecule has 0 unspecified atom stereocenters. The van der Waals surface area contributed by atoms with Gasteiger partial charge in [-0.15, -0.1) is 5.11 Å². The van der Waals surface area contributed by atoms with Crippen LogP contribution in [0.4, 0.5) is 22.7 Å². The summed E-state index contributed by atoms with van der Waals surface area (Å²) in [5.74, 6) is -0.430. The fraction of sp³-hybridized carbons (Fsp3) is 0.0588. The van der Waals surface area contributed by atoms with Crippen LogP contribution in [-0.4, -0.2) is 25.1 Å². The average Bonchev–Trinajstić information content (AvgIpc) is 2.61. The number of anilines is 1. The fourth-order valence-electron chi connectivity index (χ4n) is 2.47. The van der Waals surface area contributed by atoms with E-state index in [9.17, 15) is 18.1 Å². The molecule has 0 aliphatic carbocycles. The van der Waals surface area contributed by atoms with E-state index < -0.39 is 20.8 Å². The Labute approximate surface area is 154 Å². The molecule has 0 heterocycles. The highest BCUT2D eigenvalue weighted by molar-refractivity contribution is 7.86. The summed E-state index contributed by atoms with van der Waals surface area (Å²) in [6, 6.07) is 12.2. The number of phenols is 1. The summed E-state index contributed by atoms with van der Waals surface area (Å²) >= 11 is 0. The Morgan fingerprint density at radius 3 is 2.15 bits per heavy atom. The number of benzene rings is 3. The highest BCUT2D eigenvalue weighted by Gasteiger charge is 2.22. The minimum Gasteiger partial charge on any atom is -0.505 e. The number of nitrogens with two attached hydrogens (primary N) is 1. The van der Waals surface area contributed by atoms with Crippen LogP contribution >= 0.6 is 0 Å². The van der Waals surface area contributed by atoms with Crippen LogP contribution in [0.5, 0.6) is 5.75 Å². The van der Waals surface area contributed by atoms with E-state index in [4.69, 9.17) is 5.73 Å². The highest BCUT2D eigenvalue weighted by Crippen LogP contribution is 2.41. The molecule has 0 fully saturated rings. The molecule has 3 aromatic rings. The third-order valence-electron chi connectivity index (χ3n) is 3.68. The zero-order valence-corrected chi connectivity index (χ0v) is 14.9. The van der Waals surface area contributed by atoms with Gasteiger partial charge in [-0.25, -0.2) is 0 Å². The molecule has 10 heteroatoms. The van der Waals surface area contributed by atoms with Gasteiger partial charge in [0, 0.05) is 18.1 Å². The molecule has 0 spiro atoms. The van der Waals surface area contributed by atoms with Crippen molar-refractivity contribution < 1.29 is 18.1 Å². The van der Waals surface area contributed by atoms with Gasteiger partial charge in [0.15, 0.2) is 5.75 Å². The molecule has 27 heavy (non-hydrogen) atoms. The molecule has 0 aliphatic heterocycles. The predicted octanol–water partition coefficient (Wildman–Crippen LogP) is 4.50. The predicted molar refractivity (Wildman–Crippen MR) is 101 cm³/mol. The van der Waals surface area contributed by atoms with Crippen LogP contribution in [0.25, 0.3) is 10.8 Å². The van der Waals surface area contributed by atoms with Gasteiger partial charge < -0.3 is 10.8 Å². The second-order valence-corrected chi connectivity index (χ2v) is 6.93. The monoisotopic (exact) mass is 385 g/mol. The van der Waals surface area contributed by atoms with Gasteiger partial charge >= 0.3 is 0 Å². The first-order chi connectivity index (χ1) is 12.8. The number of hydrogen-bond acceptors (Lipinski definition) is 8. The zero-order valence-electron chi connectivity index (χ0n) is 14.1. The van der Waals surface area contributed by atoms with Crippen LogP contribution in [0.3, 0.4) is 0 Å². The number of nitrogen functional groups attached to an aromatic ring is 1. The lowest BCUT2D eigenvalue weighted by molar-refractivity contribution is 0.472. The topological polar surface area (TPSA) is 150 Å². The Kier molecular flexibility index (Phi) is 4.84. The smallest absolute Gasteiger partial charge is 0.296 e. The number of rotatable bonds is 4. The maximum atomic E-state index is 11.8. The van der Waals surface area contributed by atoms with Crippen molar-refractivity contribution >= 4 is 43.6 Å². The summed E-state index contributed by atoms with van der Waals surface area (Å²) in [7, 11) is -3.12. The Balaban J connectivity index is 2.14. The van der Waals surface area contributed by atoms with Crippen molar-refractivity contribution in [1.29, 1.82) is 0 Å². The van der Waals surface area contributed by atoms with Gasteiger partial charge in [0.05, 0.1) is 11.4 Å². The molecule has 0 bridgehead atoms. The minimum absolute atomic E-state index is 0.323. The molecule has 4 N–H and O–H groups in total. The van der Waals surface area contributed by atoms with E-state index in [-0.39, 0.29) is 5.69 Å². The maximum absolute atomic E-state index is 11.8. The lowest BCUT2D eigenvalue weighted by Crippen LogP contribution is -1.99. The van der Waals surface area contributed by atoms with Gasteiger partial charge in [0.2, 0.25) is 0 Å². The van der Waals surface area contributed by atoms with Gasteiger partial charge in [-0.3, -0.25) is 4.55 Å². The first-order valence-corrected chi connectivity index (χ1v) is 9.08. The molecule has 138 valence electrons. The lowest BCUT2D eigenvalue weighted by atomic mass is 10.1. The maximum Gasteiger partial charge on any atom is 0.296 e. The van der Waals surface area contributed by atoms with Crippen LogP contribution in [-0.2, 0) is 10.1 Å². The molecular weight excluding hydrogens is 370 g/mol. The van der Waals surface area contributed by atoms with Gasteiger partial charge in [-0.05, 0) is 53.9 Å². The number of nitrogens with zero attached hydrogens (tertiary/aromatic N) is 4. The fourth-order valence-corrected chi connectivity index (χ4v) is 3.13. The molecule has 0 saturated carbocycles. The summed E-state index contributed by atoms with van der Waals surface area (Å²) in [5, 5.41) is 26.4. The largest absolute Gasteiger partial charge is 0.505 e. The van der Waals surface area contributed by atoms with Crippen molar-refractivity contribution in [2.24, 2.45) is 20.5 Å². The molecule has 0 saturated heterocycles. The summed E-state index contributed by atoms with van der Waals surface area (Å²) < 4.78 is 33.0. The summed E-state index contributed by atoms with van der Waals surface area (Å²) in [5.41, 5.74) is 6.70. The van der Waals surface area contributed by atoms with Crippen molar-refractivity contribution in [3.05, 3.63) is 48.5 Å². The SMILES string of the molecule is CN=Nc1ccc(N=Nc2c(S(=O)(=O)O)cc3cc(N)ccc3c2O)cc1. The zero-order chi connectivity index (χ0) is 19.6. The molecule has 0 atom stereocenters. The van der Waals surface area contributed by atoms with E-state index in [0.717, 1.165) is 0 Å². The first-order valence-electron chi connectivity index (χ1n) is 7.64. The van der Waals surface area contributed by atoms with Crippen molar-refractivity contribution in [1.82, 2.24) is 0 Å². The minimum atomic E-state index is -4.66. The number of aromatic hydroxyl groups is 1. The molecule has 3 aromatic carbocycles. The van der Waals surface area contributed by atoms with Crippen LogP contribution in [0.15, 0.2) is 73.9 Å². The standard InChI is InChI=1S/C17H15N5O4S/c1-19-20-12-3-5-13(6-4-12)21-22-16-15(27(24,25)26)9-10-8-11(18)2-7-14(10)17(16)23/h2-9,23H,18H2,1H3,(H,24,25,26). The van der Waals surface area contributed by atoms with Crippen LogP contribution in [0.1, 0.15) is 0 Å². The second-order valence-electron chi connectivity index (χ2n) is 5.54. The summed E-state index contributed by atoms with van der Waals surface area (Å²) in [6.45, 7) is 0. The van der Waals surface area contributed by atoms with Gasteiger partial charge in [0.25, 0.3) is 10.1 Å². The van der Waals surface area contributed by atoms with Gasteiger partial charge in [-0.1, -0.05) is 0 Å². The highest BCUT2D eigenvalue weighted by atomic mass is 32.2. The van der Waals surface area contributed by atoms with E-state index in [1.54, 1.807) is 37.4 Å². The number of phenolic OH excluding ortho intramolecular Hbond substituents is 1. The van der Waals surface area contributed by atoms with Crippen LogP contribution < -0.4 is 5.73 Å². The average molecular weight is 385 g/mol. The number of hydrogen-bond donors (Lipinski definition) is 3.